The van der Waals surface area contributed by atoms with Gasteiger partial charge in [0, 0.05) is 73.0 Å². The van der Waals surface area contributed by atoms with Crippen molar-refractivity contribution in [1.82, 2.24) is 35.7 Å². The van der Waals surface area contributed by atoms with E-state index in [0.717, 1.165) is 50.3 Å². The first-order valence-electron chi connectivity index (χ1n) is 25.3. The van der Waals surface area contributed by atoms with Gasteiger partial charge in [0.1, 0.15) is 36.0 Å². The molecule has 0 bridgehead atoms. The van der Waals surface area contributed by atoms with Gasteiger partial charge < -0.3 is 45.2 Å². The molecular formula is C55H70F3N7O8S. The number of carbonyl (C=O) groups excluding carboxylic acids is 4. The zero-order valence-electron chi connectivity index (χ0n) is 43.3. The van der Waals surface area contributed by atoms with Crippen LogP contribution >= 0.6 is 11.3 Å². The second-order valence-electron chi connectivity index (χ2n) is 20.9. The number of hydrogen-bond donors (Lipinski definition) is 5. The maximum atomic E-state index is 16.1. The van der Waals surface area contributed by atoms with Crippen LogP contribution in [-0.4, -0.2) is 138 Å². The normalized spacial score (nSPS) is 18.6. The van der Waals surface area contributed by atoms with Crippen LogP contribution < -0.4 is 16.0 Å². The number of nitrogens with one attached hydrogen (secondary N) is 4. The average Bonchev–Trinajstić information content (AvgIpc) is 4.07. The quantitative estimate of drug-likeness (QED) is 0.0415. The van der Waals surface area contributed by atoms with Gasteiger partial charge in [-0.3, -0.25) is 24.1 Å². The molecular weight excluding hydrogens is 976 g/mol. The average molecular weight is 1050 g/mol. The standard InChI is InChI=1S/C55H70F3N7O8S/c1-33-24-40-39-12-8-9-13-43(39)62-47(40)48(65(33)31-55(6,7)58)46-41(56)25-37(26-42(46)57)51(68)59-18-10-11-19-71-20-21-72-22-23-73-30-45(67)63-50(54(3,4)5)53(70)64-29-38(66)27-44(64)52(69)60-28-35-14-16-36(17-15-35)49-34(2)61-32-74-49/h8-9,12-17,25-26,32-33,38,44,48,50,62,66H,10-11,18-24,27-31H2,1-7H3,(H,59,68)(H,60,69)(H,63,67)/t33-,38-,44+,48-,50-/m1/s1. The number of benzene rings is 3. The number of aromatic amines is 1. The molecule has 15 nitrogen and oxygen atoms in total. The molecule has 4 amide bonds. The number of fused-ring (bicyclic) bond motifs is 3. The summed E-state index contributed by atoms with van der Waals surface area (Å²) >= 11 is 1.56. The number of aliphatic hydroxyl groups is 1. The van der Waals surface area contributed by atoms with Crippen LogP contribution in [0.1, 0.15) is 105 Å². The number of hydrogen-bond acceptors (Lipinski definition) is 11. The highest BCUT2D eigenvalue weighted by Gasteiger charge is 2.45. The number of para-hydroxylation sites is 1. The number of H-pyrrole nitrogens is 1. The monoisotopic (exact) mass is 1050 g/mol. The van der Waals surface area contributed by atoms with Crippen LogP contribution in [0.15, 0.2) is 66.2 Å². The van der Waals surface area contributed by atoms with Gasteiger partial charge in [0.05, 0.1) is 54.7 Å². The van der Waals surface area contributed by atoms with E-state index in [4.69, 9.17) is 14.2 Å². The molecule has 0 aliphatic carbocycles. The summed E-state index contributed by atoms with van der Waals surface area (Å²) in [4.78, 5) is 65.3. The second-order valence-corrected chi connectivity index (χ2v) is 21.8. The van der Waals surface area contributed by atoms with Gasteiger partial charge in [0.25, 0.3) is 5.91 Å². The topological polar surface area (TPSA) is 187 Å². The van der Waals surface area contributed by atoms with Gasteiger partial charge in [0.15, 0.2) is 0 Å². The van der Waals surface area contributed by atoms with Crippen molar-refractivity contribution in [2.24, 2.45) is 5.41 Å². The Labute approximate surface area is 434 Å². The fourth-order valence-electron chi connectivity index (χ4n) is 9.70. The lowest BCUT2D eigenvalue weighted by Crippen LogP contribution is -2.58. The maximum absolute atomic E-state index is 16.1. The summed E-state index contributed by atoms with van der Waals surface area (Å²) in [6.07, 6.45) is 0.900. The van der Waals surface area contributed by atoms with E-state index in [1.807, 2.05) is 62.4 Å². The van der Waals surface area contributed by atoms with E-state index in [1.165, 1.54) is 18.7 Å². The minimum atomic E-state index is -1.64. The summed E-state index contributed by atoms with van der Waals surface area (Å²) < 4.78 is 64.0. The Bertz CT molecular complexity index is 2720. The Morgan fingerprint density at radius 3 is 2.26 bits per heavy atom. The number of aromatic nitrogens is 2. The van der Waals surface area contributed by atoms with Gasteiger partial charge in [-0.25, -0.2) is 18.2 Å². The van der Waals surface area contributed by atoms with E-state index in [1.54, 1.807) is 42.5 Å². The van der Waals surface area contributed by atoms with Crippen LogP contribution in [0.4, 0.5) is 13.2 Å². The fraction of sp³-hybridized carbons (Fsp3) is 0.509. The minimum Gasteiger partial charge on any atom is -0.391 e. The summed E-state index contributed by atoms with van der Waals surface area (Å²) in [5, 5.41) is 19.9. The van der Waals surface area contributed by atoms with Crippen molar-refractivity contribution in [2.75, 3.05) is 59.3 Å². The molecule has 1 saturated heterocycles. The van der Waals surface area contributed by atoms with Crippen molar-refractivity contribution in [3.8, 4) is 10.4 Å². The van der Waals surface area contributed by atoms with Gasteiger partial charge in [-0.05, 0) is 87.3 Å². The molecule has 1 fully saturated rings. The molecule has 3 aromatic carbocycles. The SMILES string of the molecule is Cc1ncsc1-c1ccc(CNC(=O)[C@@H]2C[C@@H](O)CN2C(=O)[C@@H](NC(=O)COCCOCCOCCCCNC(=O)c2cc(F)c([C@@H]3c4[nH]c5ccccc5c4C[C@@H](C)N3CC(C)(C)F)c(F)c2)C(C)(C)C)cc1. The number of halogens is 3. The number of aliphatic hydroxyl groups excluding tert-OH is 1. The molecule has 2 aliphatic heterocycles. The lowest BCUT2D eigenvalue weighted by atomic mass is 9.85. The first-order chi connectivity index (χ1) is 35.2. The van der Waals surface area contributed by atoms with Crippen molar-refractivity contribution < 1.29 is 51.7 Å². The molecule has 400 valence electrons. The van der Waals surface area contributed by atoms with E-state index in [9.17, 15) is 24.3 Å². The van der Waals surface area contributed by atoms with Crippen molar-refractivity contribution >= 4 is 45.9 Å². The molecule has 19 heteroatoms. The van der Waals surface area contributed by atoms with E-state index in [0.29, 0.717) is 31.6 Å². The number of rotatable bonds is 23. The zero-order valence-corrected chi connectivity index (χ0v) is 44.1. The molecule has 4 heterocycles. The van der Waals surface area contributed by atoms with Crippen molar-refractivity contribution in [2.45, 2.75) is 117 Å². The van der Waals surface area contributed by atoms with Crippen molar-refractivity contribution in [1.29, 1.82) is 0 Å². The summed E-state index contributed by atoms with van der Waals surface area (Å²) in [6.45, 7) is 13.5. The number of unbranched alkanes of at least 4 members (excludes halogenated alkanes) is 1. The highest BCUT2D eigenvalue weighted by Crippen LogP contribution is 2.43. The van der Waals surface area contributed by atoms with Crippen LogP contribution in [0.2, 0.25) is 0 Å². The lowest BCUT2D eigenvalue weighted by molar-refractivity contribution is -0.144. The fourth-order valence-corrected chi connectivity index (χ4v) is 10.5. The van der Waals surface area contributed by atoms with Crippen LogP contribution in [0.3, 0.4) is 0 Å². The molecule has 2 aromatic heterocycles. The molecule has 0 spiro atoms. The van der Waals surface area contributed by atoms with Gasteiger partial charge in [-0.2, -0.15) is 0 Å². The Kier molecular flexibility index (Phi) is 18.8. The Morgan fingerprint density at radius 1 is 0.919 bits per heavy atom. The highest BCUT2D eigenvalue weighted by atomic mass is 32.1. The zero-order chi connectivity index (χ0) is 53.3. The molecule has 5 N–H and O–H groups in total. The van der Waals surface area contributed by atoms with Crippen LogP contribution in [-0.2, 0) is 41.6 Å². The third-order valence-corrected chi connectivity index (χ3v) is 14.4. The molecule has 74 heavy (non-hydrogen) atoms. The number of nitrogens with zero attached hydrogens (tertiary/aromatic N) is 3. The maximum Gasteiger partial charge on any atom is 0.251 e. The molecule has 0 unspecified atom stereocenters. The number of alkyl halides is 1. The molecule has 5 atom stereocenters. The second kappa shape index (κ2) is 24.8. The smallest absolute Gasteiger partial charge is 0.251 e. The molecule has 7 rings (SSSR count). The van der Waals surface area contributed by atoms with Gasteiger partial charge in [-0.1, -0.05) is 63.2 Å². The predicted octanol–water partition coefficient (Wildman–Crippen LogP) is 7.33. The molecule has 5 aromatic rings. The third-order valence-electron chi connectivity index (χ3n) is 13.4. The van der Waals surface area contributed by atoms with Crippen LogP contribution in [0, 0.1) is 24.0 Å². The minimum absolute atomic E-state index is 0.0419. The van der Waals surface area contributed by atoms with Gasteiger partial charge in [0.2, 0.25) is 17.7 Å². The lowest BCUT2D eigenvalue weighted by Gasteiger charge is -2.43. The van der Waals surface area contributed by atoms with Crippen LogP contribution in [0.25, 0.3) is 21.3 Å². The third kappa shape index (κ3) is 14.2. The summed E-state index contributed by atoms with van der Waals surface area (Å²) in [7, 11) is 0. The number of carbonyl (C=O) groups is 4. The molecule has 0 radical (unpaired) electrons. The first-order valence-corrected chi connectivity index (χ1v) is 26.2. The van der Waals surface area contributed by atoms with E-state index >= 15 is 13.2 Å². The number of ether oxygens (including phenoxy) is 3. The van der Waals surface area contributed by atoms with E-state index in [-0.39, 0.29) is 82.8 Å². The van der Waals surface area contributed by atoms with Crippen molar-refractivity contribution in [3.05, 3.63) is 111 Å². The summed E-state index contributed by atoms with van der Waals surface area (Å²) in [5.41, 5.74) is 4.28. The Balaban J connectivity index is 0.774. The van der Waals surface area contributed by atoms with E-state index < -0.39 is 70.6 Å². The summed E-state index contributed by atoms with van der Waals surface area (Å²) in [5.74, 6) is -3.78. The molecule has 0 saturated carbocycles. The van der Waals surface area contributed by atoms with Crippen molar-refractivity contribution in [3.63, 3.8) is 0 Å². The van der Waals surface area contributed by atoms with Gasteiger partial charge in [-0.15, -0.1) is 11.3 Å². The number of thiazole rings is 1. The molecule has 2 aliphatic rings. The number of aryl methyl sites for hydroxylation is 1. The Hall–Kier alpha value is -5.70. The number of likely N-dealkylation sites (tertiary alicyclic amines) is 1. The van der Waals surface area contributed by atoms with Crippen LogP contribution in [0.5, 0.6) is 0 Å². The summed E-state index contributed by atoms with van der Waals surface area (Å²) in [6, 6.07) is 14.5. The highest BCUT2D eigenvalue weighted by molar-refractivity contribution is 7.13. The van der Waals surface area contributed by atoms with Gasteiger partial charge >= 0.3 is 0 Å². The number of amides is 4. The first kappa shape index (κ1) is 56.0. The number of β-amino-alcohol motifs (C(OH)–C–C–N with tert-alkyl or cyclic N) is 1. The Morgan fingerprint density at radius 2 is 1.59 bits per heavy atom. The largest absolute Gasteiger partial charge is 0.391 e. The predicted molar refractivity (Wildman–Crippen MR) is 277 cm³/mol. The van der Waals surface area contributed by atoms with E-state index in [2.05, 4.69) is 25.9 Å².